The molecule has 2 fully saturated rings. The van der Waals surface area contributed by atoms with Gasteiger partial charge in [-0.1, -0.05) is 18.2 Å². The van der Waals surface area contributed by atoms with E-state index in [0.29, 0.717) is 29.8 Å². The van der Waals surface area contributed by atoms with Gasteiger partial charge in [0.1, 0.15) is 0 Å². The minimum absolute atomic E-state index is 0.199. The standard InChI is InChI=1S/C12H12N2O2S2/c15-18(16,9-4-2-1-3-5-9)14-6-10-11(7-14)12(10)13-8-17/h1-5,10-12H,6-7H2. The number of piperidine rings is 1. The average Bonchev–Trinajstić information content (AvgIpc) is 2.85. The molecule has 1 heterocycles. The molecule has 0 aromatic heterocycles. The van der Waals surface area contributed by atoms with Crippen molar-refractivity contribution in [3.05, 3.63) is 30.3 Å². The van der Waals surface area contributed by atoms with Crippen LogP contribution in [-0.4, -0.2) is 37.0 Å². The van der Waals surface area contributed by atoms with Crippen molar-refractivity contribution in [2.24, 2.45) is 16.8 Å². The molecule has 1 aliphatic carbocycles. The van der Waals surface area contributed by atoms with Crippen molar-refractivity contribution in [1.82, 2.24) is 4.31 Å². The van der Waals surface area contributed by atoms with Gasteiger partial charge in [0, 0.05) is 24.9 Å². The van der Waals surface area contributed by atoms with Crippen molar-refractivity contribution in [2.75, 3.05) is 13.1 Å². The highest BCUT2D eigenvalue weighted by molar-refractivity contribution is 7.89. The molecule has 4 nitrogen and oxygen atoms in total. The van der Waals surface area contributed by atoms with E-state index in [2.05, 4.69) is 22.4 Å². The number of isothiocyanates is 1. The van der Waals surface area contributed by atoms with Crippen LogP contribution in [0.3, 0.4) is 0 Å². The predicted molar refractivity (Wildman–Crippen MR) is 71.0 cm³/mol. The zero-order chi connectivity index (χ0) is 12.8. The second-order valence-electron chi connectivity index (χ2n) is 4.67. The van der Waals surface area contributed by atoms with Crippen molar-refractivity contribution in [1.29, 1.82) is 0 Å². The van der Waals surface area contributed by atoms with Crippen molar-refractivity contribution in [3.63, 3.8) is 0 Å². The first-order valence-electron chi connectivity index (χ1n) is 5.77. The van der Waals surface area contributed by atoms with Crippen molar-refractivity contribution < 1.29 is 8.42 Å². The van der Waals surface area contributed by atoms with Crippen molar-refractivity contribution >= 4 is 27.4 Å². The molecule has 1 aromatic carbocycles. The van der Waals surface area contributed by atoms with Crippen molar-refractivity contribution in [3.8, 4) is 0 Å². The van der Waals surface area contributed by atoms with Gasteiger partial charge in [0.25, 0.3) is 0 Å². The third-order valence-electron chi connectivity index (χ3n) is 3.70. The zero-order valence-electron chi connectivity index (χ0n) is 9.56. The van der Waals surface area contributed by atoms with Crippen LogP contribution in [0.25, 0.3) is 0 Å². The van der Waals surface area contributed by atoms with Crippen LogP contribution >= 0.6 is 12.2 Å². The number of hydrogen-bond acceptors (Lipinski definition) is 4. The molecule has 1 aromatic rings. The summed E-state index contributed by atoms with van der Waals surface area (Å²) in [6, 6.07) is 8.75. The predicted octanol–water partition coefficient (Wildman–Crippen LogP) is 1.41. The molecule has 1 saturated heterocycles. The van der Waals surface area contributed by atoms with E-state index in [-0.39, 0.29) is 6.04 Å². The largest absolute Gasteiger partial charge is 0.243 e. The lowest BCUT2D eigenvalue weighted by atomic mass is 10.4. The van der Waals surface area contributed by atoms with Crippen LogP contribution in [-0.2, 0) is 10.0 Å². The summed E-state index contributed by atoms with van der Waals surface area (Å²) in [5.41, 5.74) is 0. The molecular weight excluding hydrogens is 268 g/mol. The van der Waals surface area contributed by atoms with Gasteiger partial charge in [-0.2, -0.15) is 4.31 Å². The summed E-state index contributed by atoms with van der Waals surface area (Å²) in [6.07, 6.45) is 0. The number of rotatable bonds is 3. The lowest BCUT2D eigenvalue weighted by Crippen LogP contribution is -2.32. The Morgan fingerprint density at radius 1 is 1.22 bits per heavy atom. The molecule has 3 rings (SSSR count). The van der Waals surface area contributed by atoms with Gasteiger partial charge in [0.05, 0.1) is 16.1 Å². The quantitative estimate of drug-likeness (QED) is 0.621. The van der Waals surface area contributed by atoms with E-state index in [1.54, 1.807) is 28.6 Å². The number of nitrogens with zero attached hydrogens (tertiary/aromatic N) is 2. The minimum atomic E-state index is -3.33. The van der Waals surface area contributed by atoms with E-state index in [0.717, 1.165) is 0 Å². The highest BCUT2D eigenvalue weighted by Crippen LogP contribution is 2.49. The monoisotopic (exact) mass is 280 g/mol. The summed E-state index contributed by atoms with van der Waals surface area (Å²) >= 11 is 4.58. The maximum atomic E-state index is 12.3. The second kappa shape index (κ2) is 4.24. The molecule has 2 atom stereocenters. The molecule has 2 unspecified atom stereocenters. The van der Waals surface area contributed by atoms with E-state index >= 15 is 0 Å². The summed E-state index contributed by atoms with van der Waals surface area (Å²) in [5.74, 6) is 0.665. The number of fused-ring (bicyclic) bond motifs is 1. The van der Waals surface area contributed by atoms with E-state index in [4.69, 9.17) is 0 Å². The Morgan fingerprint density at radius 2 is 1.83 bits per heavy atom. The van der Waals surface area contributed by atoms with Gasteiger partial charge in [-0.3, -0.25) is 0 Å². The Balaban J connectivity index is 1.78. The number of aliphatic imine (C=N–C) groups is 1. The minimum Gasteiger partial charge on any atom is -0.228 e. The van der Waals surface area contributed by atoms with Crippen molar-refractivity contribution in [2.45, 2.75) is 10.9 Å². The summed E-state index contributed by atoms with van der Waals surface area (Å²) in [7, 11) is -3.33. The number of hydrogen-bond donors (Lipinski definition) is 0. The average molecular weight is 280 g/mol. The first-order valence-corrected chi connectivity index (χ1v) is 7.61. The fourth-order valence-electron chi connectivity index (χ4n) is 2.65. The van der Waals surface area contributed by atoms with E-state index in [1.165, 1.54) is 0 Å². The Morgan fingerprint density at radius 3 is 2.39 bits per heavy atom. The Bertz CT molecular complexity index is 596. The van der Waals surface area contributed by atoms with Gasteiger partial charge in [-0.05, 0) is 24.4 Å². The number of sulfonamides is 1. The number of benzene rings is 1. The molecule has 0 bridgehead atoms. The summed E-state index contributed by atoms with van der Waals surface area (Å²) < 4.78 is 26.2. The smallest absolute Gasteiger partial charge is 0.228 e. The van der Waals surface area contributed by atoms with Crippen LogP contribution < -0.4 is 0 Å². The van der Waals surface area contributed by atoms with Gasteiger partial charge >= 0.3 is 0 Å². The zero-order valence-corrected chi connectivity index (χ0v) is 11.2. The van der Waals surface area contributed by atoms with E-state index in [9.17, 15) is 8.42 Å². The Kier molecular flexibility index (Phi) is 2.83. The van der Waals surface area contributed by atoms with Crippen LogP contribution in [0.2, 0.25) is 0 Å². The van der Waals surface area contributed by atoms with Crippen LogP contribution in [0.4, 0.5) is 0 Å². The Labute approximate surface area is 111 Å². The van der Waals surface area contributed by atoms with Gasteiger partial charge in [-0.15, -0.1) is 0 Å². The fourth-order valence-corrected chi connectivity index (χ4v) is 4.30. The molecule has 2 aliphatic rings. The third kappa shape index (κ3) is 1.82. The van der Waals surface area contributed by atoms with E-state index < -0.39 is 10.0 Å². The SMILES string of the molecule is O=S(=O)(c1ccccc1)N1CC2C(C1)C2N=C=S. The molecule has 1 saturated carbocycles. The molecule has 0 radical (unpaired) electrons. The maximum Gasteiger partial charge on any atom is 0.243 e. The van der Waals surface area contributed by atoms with Gasteiger partial charge in [0.15, 0.2) is 0 Å². The molecule has 18 heavy (non-hydrogen) atoms. The van der Waals surface area contributed by atoms with Crippen LogP contribution in [0.1, 0.15) is 0 Å². The summed E-state index contributed by atoms with van der Waals surface area (Å²) in [4.78, 5) is 4.42. The first kappa shape index (κ1) is 12.0. The molecule has 0 N–H and O–H groups in total. The number of thiocarbonyl (C=S) groups is 1. The Hall–Kier alpha value is -1.07. The molecule has 0 spiro atoms. The van der Waals surface area contributed by atoms with Crippen LogP contribution in [0.5, 0.6) is 0 Å². The maximum absolute atomic E-state index is 12.3. The topological polar surface area (TPSA) is 49.7 Å². The second-order valence-corrected chi connectivity index (χ2v) is 6.79. The third-order valence-corrected chi connectivity index (χ3v) is 5.65. The summed E-state index contributed by atoms with van der Waals surface area (Å²) in [5, 5.41) is 2.38. The molecule has 0 amide bonds. The van der Waals surface area contributed by atoms with Crippen LogP contribution in [0.15, 0.2) is 40.2 Å². The fraction of sp³-hybridized carbons (Fsp3) is 0.417. The lowest BCUT2D eigenvalue weighted by molar-refractivity contribution is 0.433. The molecular formula is C12H12N2O2S2. The van der Waals surface area contributed by atoms with Gasteiger partial charge in [-0.25, -0.2) is 13.4 Å². The normalized spacial score (nSPS) is 30.6. The summed E-state index contributed by atoms with van der Waals surface area (Å²) in [6.45, 7) is 1.10. The highest BCUT2D eigenvalue weighted by Gasteiger charge is 2.58. The first-order chi connectivity index (χ1) is 8.64. The lowest BCUT2D eigenvalue weighted by Gasteiger charge is -2.18. The molecule has 1 aliphatic heterocycles. The van der Waals surface area contributed by atoms with Crippen LogP contribution in [0, 0.1) is 11.8 Å². The highest BCUT2D eigenvalue weighted by atomic mass is 32.2. The van der Waals surface area contributed by atoms with Gasteiger partial charge in [0.2, 0.25) is 10.0 Å². The van der Waals surface area contributed by atoms with E-state index in [1.807, 2.05) is 6.07 Å². The molecule has 6 heteroatoms. The molecule has 94 valence electrons. The van der Waals surface area contributed by atoms with Gasteiger partial charge < -0.3 is 0 Å².